The van der Waals surface area contributed by atoms with E-state index in [0.29, 0.717) is 34.7 Å². The van der Waals surface area contributed by atoms with Gasteiger partial charge in [0.1, 0.15) is 11.9 Å². The number of benzene rings is 2. The molecule has 1 heterocycles. The van der Waals surface area contributed by atoms with Gasteiger partial charge in [-0.25, -0.2) is 0 Å². The summed E-state index contributed by atoms with van der Waals surface area (Å²) in [5, 5.41) is 18.9. The van der Waals surface area contributed by atoms with E-state index >= 15 is 0 Å². The summed E-state index contributed by atoms with van der Waals surface area (Å²) in [6, 6.07) is 13.4. The molecule has 2 aromatic carbocycles. The fraction of sp³-hybridized carbons (Fsp3) is 0.238. The Kier molecular flexibility index (Phi) is 8.07. The molecule has 1 saturated heterocycles. The predicted molar refractivity (Wildman–Crippen MR) is 123 cm³/mol. The van der Waals surface area contributed by atoms with Crippen molar-refractivity contribution >= 4 is 51.0 Å². The SMILES string of the molecule is CCOc1cc(C=NN=C2NC(=O)C(CC(=O)O)S2)cc(Br)c1OCc1ccccc1. The zero-order valence-electron chi connectivity index (χ0n) is 16.6. The molecule has 1 unspecified atom stereocenters. The number of carboxylic acid groups (broad SMARTS) is 1. The largest absolute Gasteiger partial charge is 0.490 e. The standard InChI is InChI=1S/C21H20BrN3O5S/c1-2-29-16-9-14(8-15(22)19(16)30-12-13-6-4-3-5-7-13)11-23-25-21-24-20(28)17(31-21)10-18(26)27/h3-9,11,17H,2,10,12H2,1H3,(H,26,27)(H,24,25,28). The van der Waals surface area contributed by atoms with Gasteiger partial charge in [-0.15, -0.1) is 5.10 Å². The number of aliphatic carboxylic acids is 1. The topological polar surface area (TPSA) is 110 Å². The molecule has 1 aliphatic rings. The van der Waals surface area contributed by atoms with E-state index in [1.54, 1.807) is 6.07 Å². The third-order valence-corrected chi connectivity index (χ3v) is 5.71. The van der Waals surface area contributed by atoms with Crippen LogP contribution >= 0.6 is 27.7 Å². The van der Waals surface area contributed by atoms with Gasteiger partial charge in [0, 0.05) is 0 Å². The second kappa shape index (κ2) is 11.0. The zero-order valence-corrected chi connectivity index (χ0v) is 19.0. The van der Waals surface area contributed by atoms with Gasteiger partial charge >= 0.3 is 5.97 Å². The maximum absolute atomic E-state index is 11.8. The summed E-state index contributed by atoms with van der Waals surface area (Å²) in [5.41, 5.74) is 1.75. The summed E-state index contributed by atoms with van der Waals surface area (Å²) < 4.78 is 12.4. The molecular formula is C21H20BrN3O5S. The Morgan fingerprint density at radius 3 is 2.77 bits per heavy atom. The number of ether oxygens (including phenoxy) is 2. The Morgan fingerprint density at radius 2 is 2.06 bits per heavy atom. The van der Waals surface area contributed by atoms with E-state index in [1.807, 2.05) is 43.3 Å². The first-order valence-electron chi connectivity index (χ1n) is 9.39. The van der Waals surface area contributed by atoms with E-state index in [-0.39, 0.29) is 17.5 Å². The third kappa shape index (κ3) is 6.56. The number of amidine groups is 1. The molecule has 0 saturated carbocycles. The number of carboxylic acids is 1. The highest BCUT2D eigenvalue weighted by Gasteiger charge is 2.32. The first kappa shape index (κ1) is 22.8. The van der Waals surface area contributed by atoms with Crippen LogP contribution in [0.5, 0.6) is 11.5 Å². The molecule has 1 fully saturated rings. The van der Waals surface area contributed by atoms with Crippen LogP contribution in [0, 0.1) is 0 Å². The maximum Gasteiger partial charge on any atom is 0.305 e. The average molecular weight is 506 g/mol. The number of nitrogens with zero attached hydrogens (tertiary/aromatic N) is 2. The van der Waals surface area contributed by atoms with Crippen LogP contribution in [-0.2, 0) is 16.2 Å². The molecule has 3 rings (SSSR count). The lowest BCUT2D eigenvalue weighted by Crippen LogP contribution is -2.26. The van der Waals surface area contributed by atoms with Crippen molar-refractivity contribution in [3.8, 4) is 11.5 Å². The van der Waals surface area contributed by atoms with Crippen molar-refractivity contribution in [2.45, 2.75) is 25.2 Å². The third-order valence-electron chi connectivity index (χ3n) is 4.05. The van der Waals surface area contributed by atoms with E-state index in [9.17, 15) is 9.59 Å². The zero-order chi connectivity index (χ0) is 22.2. The van der Waals surface area contributed by atoms with E-state index in [0.717, 1.165) is 17.3 Å². The monoisotopic (exact) mass is 505 g/mol. The second-order valence-electron chi connectivity index (χ2n) is 6.38. The highest BCUT2D eigenvalue weighted by atomic mass is 79.9. The van der Waals surface area contributed by atoms with Crippen molar-refractivity contribution in [2.75, 3.05) is 6.61 Å². The van der Waals surface area contributed by atoms with Crippen molar-refractivity contribution in [3.05, 3.63) is 58.1 Å². The Hall–Kier alpha value is -2.85. The number of thioether (sulfide) groups is 1. The smallest absolute Gasteiger partial charge is 0.305 e. The number of carbonyl (C=O) groups is 2. The van der Waals surface area contributed by atoms with Gasteiger partial charge in [0.2, 0.25) is 5.91 Å². The molecule has 0 aromatic heterocycles. The van der Waals surface area contributed by atoms with Crippen molar-refractivity contribution in [3.63, 3.8) is 0 Å². The summed E-state index contributed by atoms with van der Waals surface area (Å²) in [7, 11) is 0. The Morgan fingerprint density at radius 1 is 1.29 bits per heavy atom. The summed E-state index contributed by atoms with van der Waals surface area (Å²) in [6.45, 7) is 2.74. The minimum absolute atomic E-state index is 0.263. The number of hydrogen-bond donors (Lipinski definition) is 2. The molecule has 1 atom stereocenters. The first-order valence-corrected chi connectivity index (χ1v) is 11.1. The van der Waals surface area contributed by atoms with Crippen LogP contribution in [0.4, 0.5) is 0 Å². The summed E-state index contributed by atoms with van der Waals surface area (Å²) in [4.78, 5) is 22.5. The summed E-state index contributed by atoms with van der Waals surface area (Å²) in [5.74, 6) is -0.279. The van der Waals surface area contributed by atoms with Gasteiger partial charge in [0.05, 0.1) is 23.7 Å². The van der Waals surface area contributed by atoms with Crippen LogP contribution in [0.1, 0.15) is 24.5 Å². The van der Waals surface area contributed by atoms with E-state index < -0.39 is 11.2 Å². The average Bonchev–Trinajstić information content (AvgIpc) is 3.07. The molecule has 0 bridgehead atoms. The second-order valence-corrected chi connectivity index (χ2v) is 8.43. The number of rotatable bonds is 9. The number of hydrogen-bond acceptors (Lipinski definition) is 7. The van der Waals surface area contributed by atoms with E-state index in [2.05, 4.69) is 31.4 Å². The molecule has 0 spiro atoms. The van der Waals surface area contributed by atoms with Gasteiger partial charge in [-0.05, 0) is 46.1 Å². The summed E-state index contributed by atoms with van der Waals surface area (Å²) in [6.07, 6.45) is 1.24. The van der Waals surface area contributed by atoms with Crippen molar-refractivity contribution in [1.82, 2.24) is 5.32 Å². The van der Waals surface area contributed by atoms with Gasteiger partial charge in [0.25, 0.3) is 0 Å². The van der Waals surface area contributed by atoms with Gasteiger partial charge in [-0.2, -0.15) is 5.10 Å². The number of amides is 1. The molecule has 0 radical (unpaired) electrons. The molecule has 162 valence electrons. The normalized spacial score (nSPS) is 17.2. The maximum atomic E-state index is 11.8. The molecule has 1 amide bonds. The van der Waals surface area contributed by atoms with Crippen LogP contribution in [0.3, 0.4) is 0 Å². The molecule has 31 heavy (non-hydrogen) atoms. The fourth-order valence-corrected chi connectivity index (χ4v) is 4.18. The van der Waals surface area contributed by atoms with E-state index in [1.165, 1.54) is 6.21 Å². The minimum atomic E-state index is -1.04. The molecular weight excluding hydrogens is 486 g/mol. The lowest BCUT2D eigenvalue weighted by atomic mass is 10.2. The van der Waals surface area contributed by atoms with Crippen LogP contribution in [0.2, 0.25) is 0 Å². The molecule has 2 aromatic rings. The number of carbonyl (C=O) groups excluding carboxylic acids is 1. The Bertz CT molecular complexity index is 1010. The number of halogens is 1. The highest BCUT2D eigenvalue weighted by molar-refractivity contribution is 9.10. The van der Waals surface area contributed by atoms with Crippen molar-refractivity contribution in [1.29, 1.82) is 0 Å². The van der Waals surface area contributed by atoms with Crippen LogP contribution in [0.25, 0.3) is 0 Å². The van der Waals surface area contributed by atoms with E-state index in [4.69, 9.17) is 14.6 Å². The van der Waals surface area contributed by atoms with Gasteiger partial charge in [-0.1, -0.05) is 42.1 Å². The van der Waals surface area contributed by atoms with Gasteiger partial charge < -0.3 is 19.9 Å². The molecule has 0 aliphatic carbocycles. The number of nitrogens with one attached hydrogen (secondary N) is 1. The Labute approximate surface area is 191 Å². The predicted octanol–water partition coefficient (Wildman–Crippen LogP) is 3.82. The van der Waals surface area contributed by atoms with Crippen molar-refractivity contribution < 1.29 is 24.2 Å². The fourth-order valence-electron chi connectivity index (χ4n) is 2.69. The molecule has 1 aliphatic heterocycles. The van der Waals surface area contributed by atoms with Gasteiger partial charge in [0.15, 0.2) is 16.7 Å². The lowest BCUT2D eigenvalue weighted by Gasteiger charge is -2.14. The Balaban J connectivity index is 1.71. The van der Waals surface area contributed by atoms with Crippen LogP contribution in [-0.4, -0.2) is 40.2 Å². The van der Waals surface area contributed by atoms with Crippen LogP contribution in [0.15, 0.2) is 57.1 Å². The minimum Gasteiger partial charge on any atom is -0.490 e. The highest BCUT2D eigenvalue weighted by Crippen LogP contribution is 2.37. The quantitative estimate of drug-likeness (QED) is 0.395. The van der Waals surface area contributed by atoms with Crippen molar-refractivity contribution in [2.24, 2.45) is 10.2 Å². The molecule has 8 nitrogen and oxygen atoms in total. The van der Waals surface area contributed by atoms with Crippen LogP contribution < -0.4 is 14.8 Å². The molecule has 10 heteroatoms. The summed E-state index contributed by atoms with van der Waals surface area (Å²) >= 11 is 4.56. The first-order chi connectivity index (χ1) is 15.0. The molecule has 2 N–H and O–H groups in total. The lowest BCUT2D eigenvalue weighted by molar-refractivity contribution is -0.138. The van der Waals surface area contributed by atoms with Gasteiger partial charge in [-0.3, -0.25) is 9.59 Å².